The van der Waals surface area contributed by atoms with Crippen molar-refractivity contribution in [2.75, 3.05) is 51.1 Å². The van der Waals surface area contributed by atoms with Gasteiger partial charge in [-0.25, -0.2) is 36.2 Å². The molecular formula is C34H40N8O4S2. The first-order chi connectivity index (χ1) is 23.0. The zero-order chi connectivity index (χ0) is 34.3. The minimum absolute atomic E-state index is 0.299. The molecule has 0 bridgehead atoms. The second kappa shape index (κ2) is 15.0. The first-order valence-corrected chi connectivity index (χ1v) is 18.3. The molecule has 0 fully saturated rings. The summed E-state index contributed by atoms with van der Waals surface area (Å²) in [5, 5.41) is 3.27. The fourth-order valence-corrected chi connectivity index (χ4v) is 7.92. The van der Waals surface area contributed by atoms with Crippen molar-refractivity contribution in [3.8, 4) is 0 Å². The van der Waals surface area contributed by atoms with Crippen molar-refractivity contribution < 1.29 is 16.8 Å². The Balaban J connectivity index is 0.000000188. The van der Waals surface area contributed by atoms with Crippen LogP contribution in [0.5, 0.6) is 0 Å². The molecule has 252 valence electrons. The number of aromatic amines is 2. The van der Waals surface area contributed by atoms with Gasteiger partial charge in [0.05, 0.1) is 22.4 Å². The number of nitrogens with one attached hydrogen (secondary N) is 4. The number of imidazole rings is 2. The van der Waals surface area contributed by atoms with Crippen LogP contribution < -0.4 is 19.2 Å². The van der Waals surface area contributed by atoms with E-state index in [4.69, 9.17) is 0 Å². The van der Waals surface area contributed by atoms with E-state index in [9.17, 15) is 16.8 Å². The topological polar surface area (TPSA) is 156 Å². The molecule has 4 N–H and O–H groups in total. The van der Waals surface area contributed by atoms with Gasteiger partial charge in [-0.05, 0) is 24.3 Å². The lowest BCUT2D eigenvalue weighted by Gasteiger charge is -2.17. The maximum Gasteiger partial charge on any atom is 0.241 e. The molecule has 12 nitrogen and oxygen atoms in total. The third-order valence-corrected chi connectivity index (χ3v) is 10.8. The number of rotatable bonds is 12. The lowest BCUT2D eigenvalue weighted by molar-refractivity contribution is 0.580. The molecule has 0 aliphatic rings. The summed E-state index contributed by atoms with van der Waals surface area (Å²) in [7, 11) is 0.601. The predicted octanol–water partition coefficient (Wildman–Crippen LogP) is 4.30. The normalized spacial score (nSPS) is 11.8. The monoisotopic (exact) mass is 688 g/mol. The molecule has 48 heavy (non-hydrogen) atoms. The number of H-pyrrole nitrogens is 2. The smallest absolute Gasteiger partial charge is 0.241 e. The van der Waals surface area contributed by atoms with Gasteiger partial charge in [-0.3, -0.25) is 0 Å². The summed E-state index contributed by atoms with van der Waals surface area (Å²) in [5.74, 6) is 0. The molecule has 6 rings (SSSR count). The van der Waals surface area contributed by atoms with Crippen LogP contribution in [0.2, 0.25) is 0 Å². The van der Waals surface area contributed by atoms with Gasteiger partial charge in [0.25, 0.3) is 0 Å². The van der Waals surface area contributed by atoms with Gasteiger partial charge in [0.1, 0.15) is 0 Å². The van der Waals surface area contributed by atoms with E-state index in [-0.39, 0.29) is 0 Å². The van der Waals surface area contributed by atoms with Crippen LogP contribution in [0.4, 0.5) is 11.4 Å². The van der Waals surface area contributed by atoms with Crippen LogP contribution in [0.1, 0.15) is 11.4 Å². The van der Waals surface area contributed by atoms with Crippen molar-refractivity contribution in [1.29, 1.82) is 0 Å². The molecule has 0 aliphatic carbocycles. The Hall–Kier alpha value is -4.76. The summed E-state index contributed by atoms with van der Waals surface area (Å²) in [6.07, 6.45) is 7.67. The van der Waals surface area contributed by atoms with Gasteiger partial charge in [-0.15, -0.1) is 0 Å². The molecule has 14 heteroatoms. The van der Waals surface area contributed by atoms with Gasteiger partial charge in [0.15, 0.2) is 0 Å². The van der Waals surface area contributed by atoms with Crippen LogP contribution in [0.3, 0.4) is 0 Å². The van der Waals surface area contributed by atoms with Crippen molar-refractivity contribution in [3.63, 3.8) is 0 Å². The first-order valence-electron chi connectivity index (χ1n) is 15.3. The van der Waals surface area contributed by atoms with Crippen molar-refractivity contribution in [2.45, 2.75) is 22.6 Å². The van der Waals surface area contributed by atoms with Crippen LogP contribution in [-0.2, 0) is 32.9 Å². The Bertz CT molecular complexity index is 2030. The van der Waals surface area contributed by atoms with E-state index in [1.54, 1.807) is 49.3 Å². The third kappa shape index (κ3) is 8.02. The van der Waals surface area contributed by atoms with Crippen LogP contribution >= 0.6 is 0 Å². The van der Waals surface area contributed by atoms with Gasteiger partial charge in [-0.1, -0.05) is 48.5 Å². The van der Waals surface area contributed by atoms with E-state index in [1.807, 2.05) is 86.5 Å². The summed E-state index contributed by atoms with van der Waals surface area (Å²) in [6.45, 7) is 0.628. The molecule has 0 unspecified atom stereocenters. The zero-order valence-electron chi connectivity index (χ0n) is 27.3. The van der Waals surface area contributed by atoms with E-state index >= 15 is 0 Å². The average Bonchev–Trinajstić information content (AvgIpc) is 3.79. The molecule has 0 saturated carbocycles. The van der Waals surface area contributed by atoms with Gasteiger partial charge in [0.2, 0.25) is 20.0 Å². The van der Waals surface area contributed by atoms with Crippen LogP contribution in [0, 0.1) is 0 Å². The van der Waals surface area contributed by atoms with E-state index in [2.05, 4.69) is 29.4 Å². The summed E-state index contributed by atoms with van der Waals surface area (Å²) in [6, 6.07) is 22.1. The number of aromatic nitrogens is 4. The van der Waals surface area contributed by atoms with Gasteiger partial charge in [-0.2, -0.15) is 0 Å². The summed E-state index contributed by atoms with van der Waals surface area (Å²) < 4.78 is 56.2. The maximum atomic E-state index is 12.7. The molecule has 0 amide bonds. The van der Waals surface area contributed by atoms with Crippen LogP contribution in [0.25, 0.3) is 21.5 Å². The Morgan fingerprint density at radius 2 is 0.938 bits per heavy atom. The van der Waals surface area contributed by atoms with Gasteiger partial charge >= 0.3 is 0 Å². The number of hydrogen-bond acceptors (Lipinski definition) is 8. The highest BCUT2D eigenvalue weighted by atomic mass is 32.2. The molecule has 0 spiro atoms. The second-order valence-corrected chi connectivity index (χ2v) is 15.0. The number of hydrogen-bond donors (Lipinski definition) is 4. The van der Waals surface area contributed by atoms with Crippen molar-refractivity contribution in [3.05, 3.63) is 109 Å². The third-order valence-electron chi connectivity index (χ3n) is 7.74. The van der Waals surface area contributed by atoms with E-state index < -0.39 is 20.0 Å². The molecular weight excluding hydrogens is 649 g/mol. The highest BCUT2D eigenvalue weighted by molar-refractivity contribution is 7.90. The number of fused-ring (bicyclic) bond motifs is 2. The minimum Gasteiger partial charge on any atom is -0.377 e. The molecule has 0 atom stereocenters. The van der Waals surface area contributed by atoms with E-state index in [0.29, 0.717) is 35.7 Å². The lowest BCUT2D eigenvalue weighted by Crippen LogP contribution is -2.26. The first kappa shape index (κ1) is 34.6. The summed E-state index contributed by atoms with van der Waals surface area (Å²) in [4.78, 5) is 18.3. The molecule has 6 aromatic rings. The Morgan fingerprint density at radius 3 is 1.29 bits per heavy atom. The Labute approximate surface area is 281 Å². The quantitative estimate of drug-likeness (QED) is 0.148. The van der Waals surface area contributed by atoms with Crippen molar-refractivity contribution in [1.82, 2.24) is 29.4 Å². The van der Waals surface area contributed by atoms with Crippen molar-refractivity contribution in [2.24, 2.45) is 0 Å². The number of nitrogens with zero attached hydrogens (tertiary/aromatic N) is 4. The molecule has 0 radical (unpaired) electrons. The second-order valence-electron chi connectivity index (χ2n) is 11.5. The number of benzene rings is 4. The molecule has 0 aliphatic heterocycles. The zero-order valence-corrected chi connectivity index (χ0v) is 28.9. The number of sulfonamides is 2. The fourth-order valence-electron chi connectivity index (χ4n) is 5.42. The SMILES string of the molecule is CN(C)c1cccc2c(S(=O)(=O)NCCc3cnc[nH]3)cccc12.CN(C)c1cccc2c(S(=O)(=O)NCCc3cnc[nH]3)cccc12. The van der Waals surface area contributed by atoms with Crippen molar-refractivity contribution >= 4 is 53.0 Å². The minimum atomic E-state index is -3.59. The highest BCUT2D eigenvalue weighted by Crippen LogP contribution is 2.31. The average molecular weight is 689 g/mol. The molecule has 0 saturated heterocycles. The maximum absolute atomic E-state index is 12.7. The van der Waals surface area contributed by atoms with Crippen LogP contribution in [-0.4, -0.2) is 78.1 Å². The predicted molar refractivity (Wildman–Crippen MR) is 192 cm³/mol. The Kier molecular flexibility index (Phi) is 10.8. The molecule has 4 aromatic carbocycles. The largest absolute Gasteiger partial charge is 0.377 e. The number of anilines is 2. The summed E-state index contributed by atoms with van der Waals surface area (Å²) in [5.41, 5.74) is 3.76. The Morgan fingerprint density at radius 1 is 0.562 bits per heavy atom. The van der Waals surface area contributed by atoms with Gasteiger partial charge < -0.3 is 19.8 Å². The van der Waals surface area contributed by atoms with Crippen LogP contribution in [0.15, 0.2) is 108 Å². The molecule has 2 aromatic heterocycles. The van der Waals surface area contributed by atoms with E-state index in [1.165, 1.54) is 0 Å². The fraction of sp³-hybridized carbons (Fsp3) is 0.235. The summed E-state index contributed by atoms with van der Waals surface area (Å²) >= 11 is 0. The highest BCUT2D eigenvalue weighted by Gasteiger charge is 2.19. The molecule has 2 heterocycles. The standard InChI is InChI=1S/2C17H20N4O2S/c2*1-21(2)16-7-3-6-15-14(16)5-4-8-17(15)24(22,23)20-10-9-13-11-18-12-19-13/h2*3-8,11-12,20H,9-10H2,1-2H3,(H,18,19). The van der Waals surface area contributed by atoms with Gasteiger partial charge in [0, 0.05) is 111 Å². The van der Waals surface area contributed by atoms with E-state index in [0.717, 1.165) is 44.3 Å². The lowest BCUT2D eigenvalue weighted by atomic mass is 10.1.